The molecule has 0 aliphatic carbocycles. The number of hydrogen-bond acceptors (Lipinski definition) is 3. The highest BCUT2D eigenvalue weighted by molar-refractivity contribution is 6.09. The van der Waals surface area contributed by atoms with Gasteiger partial charge in [0.05, 0.1) is 28.1 Å². The summed E-state index contributed by atoms with van der Waals surface area (Å²) < 4.78 is 10.8. The van der Waals surface area contributed by atoms with Crippen LogP contribution < -0.4 is 4.74 Å². The van der Waals surface area contributed by atoms with Crippen molar-refractivity contribution in [1.82, 2.24) is 19.3 Å². The van der Waals surface area contributed by atoms with E-state index in [9.17, 15) is 0 Å². The molecule has 0 bridgehead atoms. The summed E-state index contributed by atoms with van der Waals surface area (Å²) in [7, 11) is 0. The van der Waals surface area contributed by atoms with E-state index in [0.717, 1.165) is 45.1 Å². The minimum atomic E-state index is -0.133. The lowest BCUT2D eigenvalue weighted by atomic mass is 9.86. The van der Waals surface area contributed by atoms with Crippen LogP contribution >= 0.6 is 0 Å². The molecular weight excluding hydrogens is 528 g/mol. The first-order valence-electron chi connectivity index (χ1n) is 14.7. The third kappa shape index (κ3) is 4.77. The molecule has 0 fully saturated rings. The Morgan fingerprint density at radius 1 is 0.674 bits per heavy atom. The van der Waals surface area contributed by atoms with Crippen LogP contribution in [0, 0.1) is 13.8 Å². The lowest BCUT2D eigenvalue weighted by Crippen LogP contribution is -2.18. The number of aromatic nitrogens is 4. The van der Waals surface area contributed by atoms with Gasteiger partial charge in [-0.25, -0.2) is 9.67 Å². The zero-order valence-corrected chi connectivity index (χ0v) is 25.2. The number of aryl methyl sites for hydroxylation is 2. The van der Waals surface area contributed by atoms with E-state index in [1.54, 1.807) is 0 Å². The molecular formula is C38H34N4O. The number of hydrogen-bond donors (Lipinski definition) is 0. The number of fused-ring (bicyclic) bond motifs is 3. The Morgan fingerprint density at radius 2 is 1.42 bits per heavy atom. The van der Waals surface area contributed by atoms with Gasteiger partial charge >= 0.3 is 0 Å². The van der Waals surface area contributed by atoms with Crippen LogP contribution in [0.2, 0.25) is 0 Å². The fourth-order valence-electron chi connectivity index (χ4n) is 6.08. The van der Waals surface area contributed by atoms with E-state index in [0.29, 0.717) is 0 Å². The molecule has 0 saturated carbocycles. The highest BCUT2D eigenvalue weighted by Crippen LogP contribution is 2.38. The normalized spacial score (nSPS) is 11.8. The summed E-state index contributed by atoms with van der Waals surface area (Å²) in [5.74, 6) is 2.41. The van der Waals surface area contributed by atoms with Gasteiger partial charge in [-0.15, -0.1) is 0 Å². The SMILES string of the molecule is Cc1ccnc(-n2c3ccccc3c3ccc(Oc4cccc(-n5nc(C)c(-c6ccccc6)c5C(C)(C)C)c4)cc32)c1. The maximum absolute atomic E-state index is 6.53. The zero-order valence-electron chi connectivity index (χ0n) is 25.2. The van der Waals surface area contributed by atoms with Crippen molar-refractivity contribution < 1.29 is 4.74 Å². The minimum absolute atomic E-state index is 0.133. The molecule has 5 nitrogen and oxygen atoms in total. The molecule has 212 valence electrons. The quantitative estimate of drug-likeness (QED) is 0.210. The molecule has 0 unspecified atom stereocenters. The van der Waals surface area contributed by atoms with Crippen LogP contribution in [0.25, 0.3) is 44.4 Å². The van der Waals surface area contributed by atoms with Gasteiger partial charge in [0.25, 0.3) is 0 Å². The van der Waals surface area contributed by atoms with E-state index in [-0.39, 0.29) is 5.41 Å². The first-order valence-corrected chi connectivity index (χ1v) is 14.7. The molecule has 0 amide bonds. The van der Waals surface area contributed by atoms with Crippen molar-refractivity contribution in [2.45, 2.75) is 40.0 Å². The molecule has 5 heteroatoms. The van der Waals surface area contributed by atoms with Crippen molar-refractivity contribution in [3.05, 3.63) is 132 Å². The van der Waals surface area contributed by atoms with E-state index in [4.69, 9.17) is 14.8 Å². The van der Waals surface area contributed by atoms with Gasteiger partial charge in [0.1, 0.15) is 17.3 Å². The smallest absolute Gasteiger partial charge is 0.137 e. The molecule has 43 heavy (non-hydrogen) atoms. The standard InChI is InChI=1S/C38H34N4O/c1-25-20-21-39-35(22-25)41-33-17-10-9-16-31(33)32-19-18-30(24-34(32)41)43-29-15-11-14-28(23-29)42-37(38(3,4)5)36(26(2)40-42)27-12-7-6-8-13-27/h6-24H,1-5H3. The maximum Gasteiger partial charge on any atom is 0.137 e. The fraction of sp³-hybridized carbons (Fsp3) is 0.158. The number of benzene rings is 4. The number of ether oxygens (including phenoxy) is 1. The molecule has 0 N–H and O–H groups in total. The van der Waals surface area contributed by atoms with Gasteiger partial charge in [0.2, 0.25) is 0 Å². The highest BCUT2D eigenvalue weighted by Gasteiger charge is 2.28. The molecule has 0 radical (unpaired) electrons. The van der Waals surface area contributed by atoms with E-state index >= 15 is 0 Å². The maximum atomic E-state index is 6.53. The summed E-state index contributed by atoms with van der Waals surface area (Å²) in [4.78, 5) is 4.71. The van der Waals surface area contributed by atoms with Gasteiger partial charge in [0, 0.05) is 40.1 Å². The van der Waals surface area contributed by atoms with Crippen molar-refractivity contribution >= 4 is 21.8 Å². The first-order chi connectivity index (χ1) is 20.8. The monoisotopic (exact) mass is 562 g/mol. The molecule has 4 aromatic carbocycles. The van der Waals surface area contributed by atoms with Crippen molar-refractivity contribution in [1.29, 1.82) is 0 Å². The fourth-order valence-corrected chi connectivity index (χ4v) is 6.08. The van der Waals surface area contributed by atoms with Crippen molar-refractivity contribution in [2.24, 2.45) is 0 Å². The van der Waals surface area contributed by atoms with E-state index in [2.05, 4.69) is 129 Å². The van der Waals surface area contributed by atoms with Crippen LogP contribution in [0.5, 0.6) is 11.5 Å². The predicted octanol–water partition coefficient (Wildman–Crippen LogP) is 9.74. The summed E-state index contributed by atoms with van der Waals surface area (Å²) >= 11 is 0. The summed E-state index contributed by atoms with van der Waals surface area (Å²) in [6.45, 7) is 10.9. The van der Waals surface area contributed by atoms with E-state index in [1.807, 2.05) is 30.5 Å². The highest BCUT2D eigenvalue weighted by atomic mass is 16.5. The Hall–Kier alpha value is -5.16. The van der Waals surface area contributed by atoms with Gasteiger partial charge in [-0.1, -0.05) is 75.4 Å². The molecule has 3 aromatic heterocycles. The second kappa shape index (κ2) is 10.3. The zero-order chi connectivity index (χ0) is 29.7. The average molecular weight is 563 g/mol. The van der Waals surface area contributed by atoms with Gasteiger partial charge in [0.15, 0.2) is 0 Å². The number of nitrogens with zero attached hydrogens (tertiary/aromatic N) is 4. The molecule has 7 rings (SSSR count). The topological polar surface area (TPSA) is 44.9 Å². The summed E-state index contributed by atoms with van der Waals surface area (Å²) in [6.07, 6.45) is 1.86. The van der Waals surface area contributed by atoms with Crippen LogP contribution in [0.4, 0.5) is 0 Å². The molecule has 0 spiro atoms. The van der Waals surface area contributed by atoms with Crippen molar-refractivity contribution in [2.75, 3.05) is 0 Å². The molecule has 0 saturated heterocycles. The lowest BCUT2D eigenvalue weighted by molar-refractivity contribution is 0.482. The van der Waals surface area contributed by atoms with Crippen LogP contribution in [-0.2, 0) is 5.41 Å². The largest absolute Gasteiger partial charge is 0.457 e. The Bertz CT molecular complexity index is 2110. The minimum Gasteiger partial charge on any atom is -0.457 e. The second-order valence-corrected chi connectivity index (χ2v) is 12.2. The van der Waals surface area contributed by atoms with Gasteiger partial charge < -0.3 is 4.74 Å². The van der Waals surface area contributed by atoms with E-state index in [1.165, 1.54) is 27.8 Å². The molecule has 7 aromatic rings. The van der Waals surface area contributed by atoms with Gasteiger partial charge in [-0.05, 0) is 67.4 Å². The second-order valence-electron chi connectivity index (χ2n) is 12.2. The first kappa shape index (κ1) is 26.7. The molecule has 0 aliphatic heterocycles. The third-order valence-electron chi connectivity index (χ3n) is 7.91. The average Bonchev–Trinajstić information content (AvgIpc) is 3.52. The van der Waals surface area contributed by atoms with Crippen LogP contribution in [-0.4, -0.2) is 19.3 Å². The Balaban J connectivity index is 1.32. The lowest BCUT2D eigenvalue weighted by Gasteiger charge is -2.23. The summed E-state index contributed by atoms with van der Waals surface area (Å²) in [5, 5.41) is 7.39. The number of rotatable bonds is 5. The van der Waals surface area contributed by atoms with E-state index < -0.39 is 0 Å². The molecule has 0 aliphatic rings. The van der Waals surface area contributed by atoms with Crippen LogP contribution in [0.1, 0.15) is 37.7 Å². The summed E-state index contributed by atoms with van der Waals surface area (Å²) in [6, 6.07) is 37.6. The van der Waals surface area contributed by atoms with Crippen molar-refractivity contribution in [3.8, 4) is 34.1 Å². The Kier molecular flexibility index (Phi) is 6.39. The summed E-state index contributed by atoms with van der Waals surface area (Å²) in [5.41, 5.74) is 8.70. The van der Waals surface area contributed by atoms with Gasteiger partial charge in [-0.3, -0.25) is 4.57 Å². The van der Waals surface area contributed by atoms with Crippen LogP contribution in [0.3, 0.4) is 0 Å². The predicted molar refractivity (Wildman–Crippen MR) is 176 cm³/mol. The molecule has 0 atom stereocenters. The Labute approximate surface area is 252 Å². The Morgan fingerprint density at radius 3 is 2.21 bits per heavy atom. The van der Waals surface area contributed by atoms with Crippen LogP contribution in [0.15, 0.2) is 115 Å². The third-order valence-corrected chi connectivity index (χ3v) is 7.91. The number of pyridine rings is 1. The van der Waals surface area contributed by atoms with Gasteiger partial charge in [-0.2, -0.15) is 5.10 Å². The van der Waals surface area contributed by atoms with Crippen molar-refractivity contribution in [3.63, 3.8) is 0 Å². The number of para-hydroxylation sites is 1. The molecule has 3 heterocycles.